The van der Waals surface area contributed by atoms with Crippen LogP contribution >= 0.6 is 24.0 Å². The number of aliphatic imine (C=N–C) groups is 1. The maximum atomic E-state index is 12.1. The van der Waals surface area contributed by atoms with E-state index < -0.39 is 0 Å². The van der Waals surface area contributed by atoms with Crippen LogP contribution in [0.3, 0.4) is 0 Å². The Balaban J connectivity index is 0.00000261. The van der Waals surface area contributed by atoms with E-state index in [1.165, 1.54) is 19.3 Å². The summed E-state index contributed by atoms with van der Waals surface area (Å²) in [6.07, 6.45) is 5.74. The molecule has 1 aliphatic carbocycles. The average Bonchev–Trinajstić information content (AvgIpc) is 2.68. The summed E-state index contributed by atoms with van der Waals surface area (Å²) in [6, 6.07) is 7.95. The third-order valence-corrected chi connectivity index (χ3v) is 4.67. The summed E-state index contributed by atoms with van der Waals surface area (Å²) in [5.74, 6) is 2.10. The van der Waals surface area contributed by atoms with Crippen LogP contribution < -0.4 is 25.4 Å². The monoisotopic (exact) mass is 488 g/mol. The van der Waals surface area contributed by atoms with Gasteiger partial charge in [-0.2, -0.15) is 0 Å². The van der Waals surface area contributed by atoms with Crippen molar-refractivity contribution in [3.05, 3.63) is 24.3 Å². The summed E-state index contributed by atoms with van der Waals surface area (Å²) in [7, 11) is 1.68. The van der Waals surface area contributed by atoms with Crippen LogP contribution in [0.4, 0.5) is 0 Å². The number of carbonyl (C=O) groups excluding carboxylic acids is 1. The van der Waals surface area contributed by atoms with Crippen molar-refractivity contribution in [2.75, 3.05) is 26.7 Å². The molecule has 0 radical (unpaired) electrons. The van der Waals surface area contributed by atoms with E-state index in [9.17, 15) is 4.79 Å². The van der Waals surface area contributed by atoms with Gasteiger partial charge in [0.15, 0.2) is 17.5 Å². The fraction of sp³-hybridized carbons (Fsp3) is 0.579. The molecule has 1 unspecified atom stereocenters. The van der Waals surface area contributed by atoms with Gasteiger partial charge in [0.25, 0.3) is 0 Å². The number of hydrogen-bond donors (Lipinski definition) is 3. The van der Waals surface area contributed by atoms with Crippen molar-refractivity contribution < 1.29 is 14.3 Å². The Labute approximate surface area is 177 Å². The molecule has 1 aliphatic heterocycles. The first-order valence-electron chi connectivity index (χ1n) is 9.37. The summed E-state index contributed by atoms with van der Waals surface area (Å²) < 4.78 is 11.6. The van der Waals surface area contributed by atoms with Crippen LogP contribution in [0, 0.1) is 0 Å². The highest BCUT2D eigenvalue weighted by Gasteiger charge is 2.21. The zero-order valence-corrected chi connectivity index (χ0v) is 18.0. The van der Waals surface area contributed by atoms with Crippen LogP contribution in [0.25, 0.3) is 0 Å². The minimum atomic E-state index is -0.112. The Hall–Kier alpha value is -1.71. The van der Waals surface area contributed by atoms with E-state index in [1.54, 1.807) is 7.05 Å². The van der Waals surface area contributed by atoms with Crippen LogP contribution in [0.15, 0.2) is 29.3 Å². The van der Waals surface area contributed by atoms with Crippen molar-refractivity contribution in [2.24, 2.45) is 4.99 Å². The fourth-order valence-electron chi connectivity index (χ4n) is 3.28. The highest BCUT2D eigenvalue weighted by Crippen LogP contribution is 2.30. The van der Waals surface area contributed by atoms with E-state index in [0.717, 1.165) is 24.3 Å². The largest absolute Gasteiger partial charge is 0.486 e. The number of nitrogens with one attached hydrogen (secondary N) is 3. The Bertz CT molecular complexity index is 635. The van der Waals surface area contributed by atoms with E-state index in [1.807, 2.05) is 24.3 Å². The number of guanidine groups is 1. The number of hydrogen-bond acceptors (Lipinski definition) is 4. The molecule has 1 aromatic carbocycles. The van der Waals surface area contributed by atoms with E-state index in [2.05, 4.69) is 20.9 Å². The smallest absolute Gasteiger partial charge is 0.239 e. The lowest BCUT2D eigenvalue weighted by molar-refractivity contribution is -0.120. The maximum absolute atomic E-state index is 12.1. The molecule has 0 bridgehead atoms. The molecule has 3 N–H and O–H groups in total. The van der Waals surface area contributed by atoms with Gasteiger partial charge in [-0.05, 0) is 25.0 Å². The first kappa shape index (κ1) is 21.6. The minimum Gasteiger partial charge on any atom is -0.486 e. The van der Waals surface area contributed by atoms with Crippen LogP contribution in [-0.2, 0) is 4.79 Å². The number of fused-ring (bicyclic) bond motifs is 1. The normalized spacial score (nSPS) is 19.6. The van der Waals surface area contributed by atoms with Crippen molar-refractivity contribution in [3.8, 4) is 11.5 Å². The zero-order valence-electron chi connectivity index (χ0n) is 15.7. The molecule has 3 rings (SSSR count). The molecule has 7 nitrogen and oxygen atoms in total. The average molecular weight is 488 g/mol. The van der Waals surface area contributed by atoms with Gasteiger partial charge in [-0.25, -0.2) is 0 Å². The topological polar surface area (TPSA) is 84.0 Å². The second-order valence-corrected chi connectivity index (χ2v) is 6.71. The second-order valence-electron chi connectivity index (χ2n) is 6.71. The van der Waals surface area contributed by atoms with Gasteiger partial charge in [0, 0.05) is 13.1 Å². The van der Waals surface area contributed by atoms with Crippen molar-refractivity contribution in [1.29, 1.82) is 0 Å². The Kier molecular flexibility index (Phi) is 8.96. The van der Waals surface area contributed by atoms with Crippen LogP contribution in [0.5, 0.6) is 11.5 Å². The number of carbonyl (C=O) groups is 1. The van der Waals surface area contributed by atoms with Gasteiger partial charge in [0.2, 0.25) is 5.91 Å². The minimum absolute atomic E-state index is 0. The molecule has 8 heteroatoms. The predicted molar refractivity (Wildman–Crippen MR) is 116 cm³/mol. The van der Waals surface area contributed by atoms with Gasteiger partial charge < -0.3 is 25.4 Å². The SMILES string of the molecule is CN=C(NCC(=O)NC1CCCCC1)NCC1COc2ccccc2O1.I. The Morgan fingerprint density at radius 3 is 2.63 bits per heavy atom. The molecule has 1 saturated carbocycles. The lowest BCUT2D eigenvalue weighted by Gasteiger charge is -2.27. The number of nitrogens with zero attached hydrogens (tertiary/aromatic N) is 1. The van der Waals surface area contributed by atoms with E-state index >= 15 is 0 Å². The number of amides is 1. The lowest BCUT2D eigenvalue weighted by Crippen LogP contribution is -2.48. The first-order chi connectivity index (χ1) is 12.7. The van der Waals surface area contributed by atoms with Crippen molar-refractivity contribution in [3.63, 3.8) is 0 Å². The number of ether oxygens (including phenoxy) is 2. The van der Waals surface area contributed by atoms with Gasteiger partial charge >= 0.3 is 0 Å². The van der Waals surface area contributed by atoms with Crippen molar-refractivity contribution in [2.45, 2.75) is 44.2 Å². The molecule has 150 valence electrons. The van der Waals surface area contributed by atoms with Crippen LogP contribution in [0.2, 0.25) is 0 Å². The molecule has 0 aromatic heterocycles. The number of para-hydroxylation sites is 2. The summed E-state index contributed by atoms with van der Waals surface area (Å²) in [6.45, 7) is 1.22. The van der Waals surface area contributed by atoms with Gasteiger partial charge in [-0.1, -0.05) is 31.4 Å². The lowest BCUT2D eigenvalue weighted by atomic mass is 9.95. The Morgan fingerprint density at radius 2 is 1.89 bits per heavy atom. The van der Waals surface area contributed by atoms with E-state index in [0.29, 0.717) is 25.2 Å². The molecule has 1 heterocycles. The third-order valence-electron chi connectivity index (χ3n) is 4.67. The van der Waals surface area contributed by atoms with Crippen molar-refractivity contribution >= 4 is 35.8 Å². The fourth-order valence-corrected chi connectivity index (χ4v) is 3.28. The molecule has 1 fully saturated rings. The third kappa shape index (κ3) is 6.75. The van der Waals surface area contributed by atoms with E-state index in [-0.39, 0.29) is 42.5 Å². The zero-order chi connectivity index (χ0) is 18.2. The number of halogens is 1. The summed E-state index contributed by atoms with van der Waals surface area (Å²) in [4.78, 5) is 16.2. The molecular weight excluding hydrogens is 459 g/mol. The summed E-state index contributed by atoms with van der Waals surface area (Å²) in [5.41, 5.74) is 0. The second kappa shape index (κ2) is 11.2. The first-order valence-corrected chi connectivity index (χ1v) is 9.37. The molecule has 1 atom stereocenters. The Morgan fingerprint density at radius 1 is 1.15 bits per heavy atom. The van der Waals surface area contributed by atoms with Gasteiger partial charge in [-0.3, -0.25) is 9.79 Å². The van der Waals surface area contributed by atoms with Gasteiger partial charge in [0.05, 0.1) is 13.1 Å². The quantitative estimate of drug-likeness (QED) is 0.336. The number of benzene rings is 1. The summed E-state index contributed by atoms with van der Waals surface area (Å²) in [5, 5.41) is 9.32. The highest BCUT2D eigenvalue weighted by atomic mass is 127. The standard InChI is InChI=1S/C19H28N4O3.HI/c1-20-19(22-12-18(24)23-14-7-3-2-4-8-14)21-11-15-13-25-16-9-5-6-10-17(16)26-15;/h5-6,9-10,14-15H,2-4,7-8,11-13H2,1H3,(H,23,24)(H2,20,21,22);1H. The molecule has 27 heavy (non-hydrogen) atoms. The van der Waals surface area contributed by atoms with Gasteiger partial charge in [0.1, 0.15) is 12.7 Å². The molecule has 1 amide bonds. The molecule has 1 aromatic rings. The maximum Gasteiger partial charge on any atom is 0.239 e. The van der Waals surface area contributed by atoms with Crippen LogP contribution in [-0.4, -0.2) is 50.8 Å². The summed E-state index contributed by atoms with van der Waals surface area (Å²) >= 11 is 0. The van der Waals surface area contributed by atoms with E-state index in [4.69, 9.17) is 9.47 Å². The van der Waals surface area contributed by atoms with Crippen LogP contribution in [0.1, 0.15) is 32.1 Å². The molecule has 2 aliphatic rings. The molecule has 0 saturated heterocycles. The number of rotatable bonds is 5. The molecule has 0 spiro atoms. The predicted octanol–water partition coefficient (Wildman–Crippen LogP) is 2.06. The molecular formula is C19H29IN4O3. The van der Waals surface area contributed by atoms with Gasteiger partial charge in [-0.15, -0.1) is 24.0 Å². The highest BCUT2D eigenvalue weighted by molar-refractivity contribution is 14.0. The van der Waals surface area contributed by atoms with Crippen molar-refractivity contribution in [1.82, 2.24) is 16.0 Å².